The molecule has 0 radical (unpaired) electrons. The van der Waals surface area contributed by atoms with E-state index in [2.05, 4.69) is 31.1 Å². The highest BCUT2D eigenvalue weighted by Crippen LogP contribution is 2.24. The SMILES string of the molecule is CC(C)CC(C)Nc1nc2ccc([N+](=O)[O-])cc2o1. The van der Waals surface area contributed by atoms with Crippen LogP contribution in [0, 0.1) is 16.0 Å². The van der Waals surface area contributed by atoms with E-state index in [1.165, 1.54) is 12.1 Å². The Bertz CT molecular complexity index is 592. The summed E-state index contributed by atoms with van der Waals surface area (Å²) in [6.45, 7) is 6.35. The van der Waals surface area contributed by atoms with Gasteiger partial charge in [-0.25, -0.2) is 0 Å². The van der Waals surface area contributed by atoms with Crippen LogP contribution >= 0.6 is 0 Å². The topological polar surface area (TPSA) is 81.2 Å². The standard InChI is InChI=1S/C13H17N3O3/c1-8(2)6-9(3)14-13-15-11-5-4-10(16(17)18)7-12(11)19-13/h4-5,7-9H,6H2,1-3H3,(H,14,15). The van der Waals surface area contributed by atoms with Crippen molar-refractivity contribution in [3.8, 4) is 0 Å². The maximum absolute atomic E-state index is 10.7. The normalized spacial score (nSPS) is 12.8. The summed E-state index contributed by atoms with van der Waals surface area (Å²) in [5.74, 6) is 0.577. The molecule has 1 aromatic carbocycles. The van der Waals surface area contributed by atoms with Crippen molar-refractivity contribution >= 4 is 22.8 Å². The van der Waals surface area contributed by atoms with Crippen molar-refractivity contribution in [3.63, 3.8) is 0 Å². The molecule has 0 aliphatic rings. The Kier molecular flexibility index (Phi) is 3.69. The van der Waals surface area contributed by atoms with Crippen LogP contribution in [0.2, 0.25) is 0 Å². The average molecular weight is 263 g/mol. The molecule has 0 spiro atoms. The van der Waals surface area contributed by atoms with Gasteiger partial charge >= 0.3 is 0 Å². The van der Waals surface area contributed by atoms with Gasteiger partial charge in [0.15, 0.2) is 5.58 Å². The van der Waals surface area contributed by atoms with Gasteiger partial charge in [0.05, 0.1) is 11.0 Å². The van der Waals surface area contributed by atoms with Crippen LogP contribution in [0.25, 0.3) is 11.1 Å². The van der Waals surface area contributed by atoms with E-state index in [1.807, 2.05) is 0 Å². The summed E-state index contributed by atoms with van der Waals surface area (Å²) in [6.07, 6.45) is 0.999. The van der Waals surface area contributed by atoms with Gasteiger partial charge in [0, 0.05) is 12.1 Å². The number of oxazole rings is 1. The summed E-state index contributed by atoms with van der Waals surface area (Å²) >= 11 is 0. The van der Waals surface area contributed by atoms with Gasteiger partial charge in [0.1, 0.15) is 5.52 Å². The summed E-state index contributed by atoms with van der Waals surface area (Å²) in [6, 6.07) is 5.05. The van der Waals surface area contributed by atoms with E-state index in [9.17, 15) is 10.1 Å². The predicted molar refractivity (Wildman–Crippen MR) is 73.2 cm³/mol. The molecule has 6 heteroatoms. The lowest BCUT2D eigenvalue weighted by molar-refractivity contribution is -0.384. The molecule has 0 bridgehead atoms. The Labute approximate surface area is 111 Å². The highest BCUT2D eigenvalue weighted by atomic mass is 16.6. The molecule has 19 heavy (non-hydrogen) atoms. The van der Waals surface area contributed by atoms with E-state index < -0.39 is 4.92 Å². The van der Waals surface area contributed by atoms with Crippen molar-refractivity contribution in [3.05, 3.63) is 28.3 Å². The molecule has 1 heterocycles. The van der Waals surface area contributed by atoms with E-state index in [0.29, 0.717) is 23.0 Å². The number of nitro groups is 1. The van der Waals surface area contributed by atoms with E-state index in [-0.39, 0.29) is 11.7 Å². The van der Waals surface area contributed by atoms with Gasteiger partial charge in [-0.15, -0.1) is 0 Å². The van der Waals surface area contributed by atoms with Gasteiger partial charge in [-0.2, -0.15) is 4.98 Å². The number of anilines is 1. The first-order valence-corrected chi connectivity index (χ1v) is 6.27. The molecule has 0 aliphatic carbocycles. The zero-order valence-electron chi connectivity index (χ0n) is 11.2. The number of hydrogen-bond acceptors (Lipinski definition) is 5. The lowest BCUT2D eigenvalue weighted by Crippen LogP contribution is -2.17. The van der Waals surface area contributed by atoms with Gasteiger partial charge in [-0.1, -0.05) is 13.8 Å². The van der Waals surface area contributed by atoms with Crippen LogP contribution in [0.4, 0.5) is 11.7 Å². The Morgan fingerprint density at radius 3 is 2.79 bits per heavy atom. The van der Waals surface area contributed by atoms with Crippen LogP contribution < -0.4 is 5.32 Å². The summed E-state index contributed by atoms with van der Waals surface area (Å²) in [5.41, 5.74) is 1.05. The largest absolute Gasteiger partial charge is 0.423 e. The second-order valence-corrected chi connectivity index (χ2v) is 5.10. The molecule has 1 N–H and O–H groups in total. The molecule has 2 aromatic rings. The third-order valence-corrected chi connectivity index (χ3v) is 2.78. The van der Waals surface area contributed by atoms with E-state index >= 15 is 0 Å². The third-order valence-electron chi connectivity index (χ3n) is 2.78. The second-order valence-electron chi connectivity index (χ2n) is 5.10. The first-order chi connectivity index (χ1) is 8.95. The van der Waals surface area contributed by atoms with Crippen LogP contribution in [-0.2, 0) is 0 Å². The summed E-state index contributed by atoms with van der Waals surface area (Å²) in [5, 5.41) is 13.8. The number of hydrogen-bond donors (Lipinski definition) is 1. The summed E-state index contributed by atoms with van der Waals surface area (Å²) in [4.78, 5) is 14.5. The molecule has 1 atom stereocenters. The van der Waals surface area contributed by atoms with Crippen molar-refractivity contribution < 1.29 is 9.34 Å². The highest BCUT2D eigenvalue weighted by Gasteiger charge is 2.13. The highest BCUT2D eigenvalue weighted by molar-refractivity contribution is 5.77. The van der Waals surface area contributed by atoms with E-state index in [0.717, 1.165) is 6.42 Å². The number of non-ortho nitro benzene ring substituents is 1. The fourth-order valence-corrected chi connectivity index (χ4v) is 2.07. The molecule has 0 saturated carbocycles. The zero-order valence-corrected chi connectivity index (χ0v) is 11.2. The minimum absolute atomic E-state index is 0.00503. The van der Waals surface area contributed by atoms with Gasteiger partial charge in [-0.05, 0) is 25.3 Å². The fourth-order valence-electron chi connectivity index (χ4n) is 2.07. The Morgan fingerprint density at radius 2 is 2.16 bits per heavy atom. The van der Waals surface area contributed by atoms with E-state index in [1.54, 1.807) is 6.07 Å². The molecule has 1 unspecified atom stereocenters. The van der Waals surface area contributed by atoms with Gasteiger partial charge in [-0.3, -0.25) is 10.1 Å². The molecule has 0 amide bonds. The first kappa shape index (κ1) is 13.3. The minimum atomic E-state index is -0.448. The maximum Gasteiger partial charge on any atom is 0.295 e. The minimum Gasteiger partial charge on any atom is -0.423 e. The fraction of sp³-hybridized carbons (Fsp3) is 0.462. The maximum atomic E-state index is 10.7. The number of nitrogens with one attached hydrogen (secondary N) is 1. The summed E-state index contributed by atoms with van der Waals surface area (Å²) in [7, 11) is 0. The van der Waals surface area contributed by atoms with Crippen molar-refractivity contribution in [2.75, 3.05) is 5.32 Å². The van der Waals surface area contributed by atoms with Crippen molar-refractivity contribution in [1.29, 1.82) is 0 Å². The van der Waals surface area contributed by atoms with Gasteiger partial charge in [0.2, 0.25) is 0 Å². The monoisotopic (exact) mass is 263 g/mol. The van der Waals surface area contributed by atoms with E-state index in [4.69, 9.17) is 4.42 Å². The average Bonchev–Trinajstić information content (AvgIpc) is 2.68. The van der Waals surface area contributed by atoms with Crippen molar-refractivity contribution in [2.24, 2.45) is 5.92 Å². The second kappa shape index (κ2) is 5.26. The number of fused-ring (bicyclic) bond motifs is 1. The van der Waals surface area contributed by atoms with Crippen LogP contribution in [0.3, 0.4) is 0 Å². The molecule has 1 aromatic heterocycles. The number of benzene rings is 1. The van der Waals surface area contributed by atoms with Crippen LogP contribution in [0.5, 0.6) is 0 Å². The Balaban J connectivity index is 2.19. The number of aromatic nitrogens is 1. The molecule has 0 aliphatic heterocycles. The molecule has 0 saturated heterocycles. The molecule has 2 rings (SSSR count). The molecule has 102 valence electrons. The number of rotatable bonds is 5. The van der Waals surface area contributed by atoms with Crippen LogP contribution in [-0.4, -0.2) is 15.9 Å². The number of nitro benzene ring substituents is 1. The lowest BCUT2D eigenvalue weighted by Gasteiger charge is -2.13. The van der Waals surface area contributed by atoms with Crippen molar-refractivity contribution in [2.45, 2.75) is 33.2 Å². The lowest BCUT2D eigenvalue weighted by atomic mass is 10.1. The first-order valence-electron chi connectivity index (χ1n) is 6.27. The number of nitrogens with zero attached hydrogens (tertiary/aromatic N) is 2. The molecular weight excluding hydrogens is 246 g/mol. The summed E-state index contributed by atoms with van der Waals surface area (Å²) < 4.78 is 5.48. The molecular formula is C13H17N3O3. The Morgan fingerprint density at radius 1 is 1.42 bits per heavy atom. The smallest absolute Gasteiger partial charge is 0.295 e. The molecule has 6 nitrogen and oxygen atoms in total. The van der Waals surface area contributed by atoms with Gasteiger partial charge in [0.25, 0.3) is 11.7 Å². The zero-order chi connectivity index (χ0) is 14.0. The van der Waals surface area contributed by atoms with Gasteiger partial charge < -0.3 is 9.73 Å². The third kappa shape index (κ3) is 3.21. The van der Waals surface area contributed by atoms with Crippen LogP contribution in [0.1, 0.15) is 27.2 Å². The van der Waals surface area contributed by atoms with Crippen molar-refractivity contribution in [1.82, 2.24) is 4.98 Å². The Hall–Kier alpha value is -2.11. The molecule has 0 fully saturated rings. The van der Waals surface area contributed by atoms with Crippen LogP contribution in [0.15, 0.2) is 22.6 Å². The quantitative estimate of drug-likeness (QED) is 0.658. The predicted octanol–water partition coefficient (Wildman–Crippen LogP) is 3.58.